The number of aliphatic hydroxyl groups excluding tert-OH is 1. The number of aliphatic hydroxyl groups is 1. The van der Waals surface area contributed by atoms with Gasteiger partial charge >= 0.3 is 0 Å². The molecule has 0 radical (unpaired) electrons. The van der Waals surface area contributed by atoms with Gasteiger partial charge in [-0.25, -0.2) is 13.4 Å². The largest absolute Gasteiger partial charge is 0.393 e. The van der Waals surface area contributed by atoms with E-state index in [4.69, 9.17) is 0 Å². The summed E-state index contributed by atoms with van der Waals surface area (Å²) in [6, 6.07) is 0. The molecule has 0 spiro atoms. The molecule has 0 unspecified atom stereocenters. The number of aromatic amines is 1. The van der Waals surface area contributed by atoms with Crippen LogP contribution in [-0.2, 0) is 10.0 Å². The summed E-state index contributed by atoms with van der Waals surface area (Å²) in [6.45, 7) is 0.703. The van der Waals surface area contributed by atoms with E-state index in [-0.39, 0.29) is 11.3 Å². The Morgan fingerprint density at radius 1 is 1.47 bits per heavy atom. The summed E-state index contributed by atoms with van der Waals surface area (Å²) in [5.41, 5.74) is 0. The van der Waals surface area contributed by atoms with Crippen LogP contribution in [0.3, 0.4) is 0 Å². The minimum absolute atomic E-state index is 0.0288. The molecule has 1 fully saturated rings. The van der Waals surface area contributed by atoms with Crippen molar-refractivity contribution in [2.24, 2.45) is 0 Å². The van der Waals surface area contributed by atoms with Crippen molar-refractivity contribution >= 4 is 10.0 Å². The number of aromatic nitrogens is 2. The fraction of sp³-hybridized carbons (Fsp3) is 0.625. The molecule has 0 amide bonds. The zero-order valence-electron chi connectivity index (χ0n) is 8.13. The minimum atomic E-state index is -3.49. The van der Waals surface area contributed by atoms with Crippen LogP contribution in [0.5, 0.6) is 0 Å². The van der Waals surface area contributed by atoms with Gasteiger partial charge in [0.25, 0.3) is 10.0 Å². The summed E-state index contributed by atoms with van der Waals surface area (Å²) in [7, 11) is -3.49. The van der Waals surface area contributed by atoms with E-state index in [1.54, 1.807) is 0 Å². The van der Waals surface area contributed by atoms with Crippen LogP contribution in [0.1, 0.15) is 12.8 Å². The second-order valence-corrected chi connectivity index (χ2v) is 5.38. The minimum Gasteiger partial charge on any atom is -0.393 e. The maximum absolute atomic E-state index is 11.9. The number of hydrogen-bond acceptors (Lipinski definition) is 4. The van der Waals surface area contributed by atoms with Crippen molar-refractivity contribution in [1.82, 2.24) is 14.3 Å². The fourth-order valence-electron chi connectivity index (χ4n) is 1.60. The molecule has 1 saturated heterocycles. The van der Waals surface area contributed by atoms with Crippen LogP contribution in [0.2, 0.25) is 0 Å². The van der Waals surface area contributed by atoms with Gasteiger partial charge in [0.05, 0.1) is 6.10 Å². The third-order valence-electron chi connectivity index (χ3n) is 2.48. The number of nitrogens with one attached hydrogen (secondary N) is 1. The third kappa shape index (κ3) is 2.04. The Morgan fingerprint density at radius 2 is 2.13 bits per heavy atom. The van der Waals surface area contributed by atoms with Crippen LogP contribution in [-0.4, -0.2) is 47.0 Å². The van der Waals surface area contributed by atoms with Gasteiger partial charge in [-0.3, -0.25) is 0 Å². The van der Waals surface area contributed by atoms with Crippen molar-refractivity contribution in [3.8, 4) is 0 Å². The highest BCUT2D eigenvalue weighted by molar-refractivity contribution is 7.88. The van der Waals surface area contributed by atoms with Crippen LogP contribution in [0.4, 0.5) is 0 Å². The van der Waals surface area contributed by atoms with Crippen LogP contribution in [0.25, 0.3) is 0 Å². The van der Waals surface area contributed by atoms with E-state index in [0.717, 1.165) is 0 Å². The van der Waals surface area contributed by atoms with Crippen molar-refractivity contribution in [2.75, 3.05) is 13.1 Å². The fourth-order valence-corrected chi connectivity index (χ4v) is 2.94. The molecule has 0 aliphatic carbocycles. The normalized spacial score (nSPS) is 20.6. The lowest BCUT2D eigenvalue weighted by Crippen LogP contribution is -2.40. The smallest absolute Gasteiger partial charge is 0.276 e. The maximum atomic E-state index is 11.9. The molecular formula is C8H13N3O3S. The molecule has 7 heteroatoms. The number of imidazole rings is 1. The second-order valence-electron chi connectivity index (χ2n) is 3.53. The van der Waals surface area contributed by atoms with Gasteiger partial charge in [0.2, 0.25) is 5.16 Å². The lowest BCUT2D eigenvalue weighted by molar-refractivity contribution is 0.113. The van der Waals surface area contributed by atoms with Crippen molar-refractivity contribution in [3.63, 3.8) is 0 Å². The van der Waals surface area contributed by atoms with Crippen molar-refractivity contribution in [3.05, 3.63) is 12.4 Å². The first-order valence-corrected chi connectivity index (χ1v) is 6.22. The first-order valence-electron chi connectivity index (χ1n) is 4.78. The van der Waals surface area contributed by atoms with Gasteiger partial charge in [-0.15, -0.1) is 0 Å². The van der Waals surface area contributed by atoms with E-state index in [1.165, 1.54) is 16.7 Å². The Morgan fingerprint density at radius 3 is 2.67 bits per heavy atom. The van der Waals surface area contributed by atoms with Gasteiger partial charge in [-0.2, -0.15) is 4.31 Å². The van der Waals surface area contributed by atoms with Crippen LogP contribution in [0.15, 0.2) is 17.6 Å². The molecule has 0 atom stereocenters. The molecule has 2 N–H and O–H groups in total. The molecule has 2 heterocycles. The average molecular weight is 231 g/mol. The van der Waals surface area contributed by atoms with E-state index in [0.29, 0.717) is 25.9 Å². The number of nitrogens with zero attached hydrogens (tertiary/aromatic N) is 2. The maximum Gasteiger partial charge on any atom is 0.276 e. The molecule has 6 nitrogen and oxygen atoms in total. The molecule has 0 bridgehead atoms. The molecule has 1 aromatic heterocycles. The summed E-state index contributed by atoms with van der Waals surface area (Å²) < 4.78 is 25.2. The third-order valence-corrected chi connectivity index (χ3v) is 4.24. The summed E-state index contributed by atoms with van der Waals surface area (Å²) in [5.74, 6) is 0. The van der Waals surface area contributed by atoms with Gasteiger partial charge in [0.15, 0.2) is 0 Å². The molecule has 0 saturated carbocycles. The number of H-pyrrole nitrogens is 1. The van der Waals surface area contributed by atoms with E-state index < -0.39 is 10.0 Å². The zero-order chi connectivity index (χ0) is 10.9. The summed E-state index contributed by atoms with van der Waals surface area (Å²) >= 11 is 0. The van der Waals surface area contributed by atoms with Crippen molar-refractivity contribution in [2.45, 2.75) is 24.1 Å². The van der Waals surface area contributed by atoms with Gasteiger partial charge in [-0.1, -0.05) is 0 Å². The average Bonchev–Trinajstić information content (AvgIpc) is 2.71. The SMILES string of the molecule is O=S(=O)(c1ncc[nH]1)N1CCC(O)CC1. The van der Waals surface area contributed by atoms with E-state index in [1.807, 2.05) is 0 Å². The first kappa shape index (κ1) is 10.6. The molecule has 0 aromatic carbocycles. The highest BCUT2D eigenvalue weighted by atomic mass is 32.2. The summed E-state index contributed by atoms with van der Waals surface area (Å²) in [5, 5.41) is 9.25. The van der Waals surface area contributed by atoms with Gasteiger partial charge in [-0.05, 0) is 12.8 Å². The van der Waals surface area contributed by atoms with Crippen molar-refractivity contribution < 1.29 is 13.5 Å². The van der Waals surface area contributed by atoms with Crippen molar-refractivity contribution in [1.29, 1.82) is 0 Å². The topological polar surface area (TPSA) is 86.3 Å². The Labute approximate surface area is 88.0 Å². The summed E-state index contributed by atoms with van der Waals surface area (Å²) in [4.78, 5) is 6.32. The Balaban J connectivity index is 2.17. The van der Waals surface area contributed by atoms with Crippen LogP contribution >= 0.6 is 0 Å². The number of sulfonamides is 1. The van der Waals surface area contributed by atoms with E-state index >= 15 is 0 Å². The molecule has 15 heavy (non-hydrogen) atoms. The van der Waals surface area contributed by atoms with Gasteiger partial charge < -0.3 is 10.1 Å². The molecule has 1 aliphatic rings. The highest BCUT2D eigenvalue weighted by Gasteiger charge is 2.30. The monoisotopic (exact) mass is 231 g/mol. The standard InChI is InChI=1S/C8H13N3O3S/c12-7-1-5-11(6-2-7)15(13,14)8-9-3-4-10-8/h3-4,7,12H,1-2,5-6H2,(H,9,10). The van der Waals surface area contributed by atoms with Crippen LogP contribution < -0.4 is 0 Å². The quantitative estimate of drug-likeness (QED) is 0.722. The first-order chi connectivity index (χ1) is 7.10. The summed E-state index contributed by atoms with van der Waals surface area (Å²) in [6.07, 6.45) is 3.48. The van der Waals surface area contributed by atoms with Gasteiger partial charge in [0, 0.05) is 25.5 Å². The lowest BCUT2D eigenvalue weighted by atomic mass is 10.1. The number of piperidine rings is 1. The van der Waals surface area contributed by atoms with Crippen LogP contribution in [0, 0.1) is 0 Å². The molecule has 2 rings (SSSR count). The molecule has 1 aromatic rings. The van der Waals surface area contributed by atoms with E-state index in [2.05, 4.69) is 9.97 Å². The Hall–Kier alpha value is -0.920. The predicted octanol–water partition coefficient (Wildman–Crippen LogP) is -0.445. The zero-order valence-corrected chi connectivity index (χ0v) is 8.94. The predicted molar refractivity (Wildman–Crippen MR) is 52.6 cm³/mol. The molecule has 84 valence electrons. The lowest BCUT2D eigenvalue weighted by Gasteiger charge is -2.27. The number of hydrogen-bond donors (Lipinski definition) is 2. The number of rotatable bonds is 2. The Bertz CT molecular complexity index is 406. The van der Waals surface area contributed by atoms with E-state index in [9.17, 15) is 13.5 Å². The molecule has 1 aliphatic heterocycles. The molecular weight excluding hydrogens is 218 g/mol. The second kappa shape index (κ2) is 3.92. The Kier molecular flexibility index (Phi) is 2.76. The van der Waals surface area contributed by atoms with Gasteiger partial charge in [0.1, 0.15) is 0 Å². The highest BCUT2D eigenvalue weighted by Crippen LogP contribution is 2.17.